The molecular formula is C11H18N2S. The Morgan fingerprint density at radius 2 is 2.36 bits per heavy atom. The van der Waals surface area contributed by atoms with Crippen LogP contribution in [0, 0.1) is 5.92 Å². The lowest BCUT2D eigenvalue weighted by molar-refractivity contribution is 0.452. The van der Waals surface area contributed by atoms with Crippen LogP contribution >= 0.6 is 11.3 Å². The van der Waals surface area contributed by atoms with Gasteiger partial charge in [-0.15, -0.1) is 11.3 Å². The summed E-state index contributed by atoms with van der Waals surface area (Å²) < 4.78 is 0. The second-order valence-electron chi connectivity index (χ2n) is 4.15. The summed E-state index contributed by atoms with van der Waals surface area (Å²) in [4.78, 5) is 4.32. The number of thiazole rings is 1. The first-order valence-corrected chi connectivity index (χ1v) is 6.37. The fourth-order valence-corrected chi connectivity index (χ4v) is 2.76. The van der Waals surface area contributed by atoms with Gasteiger partial charge in [-0.1, -0.05) is 12.8 Å². The van der Waals surface area contributed by atoms with Crippen molar-refractivity contribution in [3.05, 3.63) is 16.6 Å². The van der Waals surface area contributed by atoms with Crippen molar-refractivity contribution >= 4 is 11.3 Å². The molecule has 0 saturated heterocycles. The highest BCUT2D eigenvalue weighted by molar-refractivity contribution is 7.09. The van der Waals surface area contributed by atoms with E-state index >= 15 is 0 Å². The predicted octanol–water partition coefficient (Wildman–Crippen LogP) is 2.98. The maximum atomic E-state index is 4.32. The first-order chi connectivity index (χ1) is 6.86. The Labute approximate surface area is 89.8 Å². The smallest absolute Gasteiger partial charge is 0.109 e. The molecule has 0 aromatic carbocycles. The summed E-state index contributed by atoms with van der Waals surface area (Å²) in [7, 11) is 0. The highest BCUT2D eigenvalue weighted by Gasteiger charge is 2.16. The molecule has 2 nitrogen and oxygen atoms in total. The molecule has 1 fully saturated rings. The Morgan fingerprint density at radius 3 is 3.00 bits per heavy atom. The molecule has 0 bridgehead atoms. The second-order valence-corrected chi connectivity index (χ2v) is 5.08. The van der Waals surface area contributed by atoms with E-state index < -0.39 is 0 Å². The summed E-state index contributed by atoms with van der Waals surface area (Å²) in [6, 6.07) is 0.426. The van der Waals surface area contributed by atoms with Gasteiger partial charge in [0.05, 0.1) is 6.04 Å². The summed E-state index contributed by atoms with van der Waals surface area (Å²) in [5.41, 5.74) is 0. The van der Waals surface area contributed by atoms with Crippen LogP contribution in [-0.2, 0) is 0 Å². The van der Waals surface area contributed by atoms with E-state index in [9.17, 15) is 0 Å². The van der Waals surface area contributed by atoms with E-state index in [1.165, 1.54) is 37.2 Å². The largest absolute Gasteiger partial charge is 0.308 e. The predicted molar refractivity (Wildman–Crippen MR) is 60.5 cm³/mol. The van der Waals surface area contributed by atoms with Crippen molar-refractivity contribution in [3.8, 4) is 0 Å². The fourth-order valence-electron chi connectivity index (χ4n) is 2.09. The molecule has 0 amide bonds. The van der Waals surface area contributed by atoms with Gasteiger partial charge < -0.3 is 5.32 Å². The van der Waals surface area contributed by atoms with Gasteiger partial charge >= 0.3 is 0 Å². The molecule has 1 atom stereocenters. The van der Waals surface area contributed by atoms with Gasteiger partial charge in [-0.05, 0) is 32.2 Å². The maximum absolute atomic E-state index is 4.32. The van der Waals surface area contributed by atoms with E-state index in [2.05, 4.69) is 17.2 Å². The quantitative estimate of drug-likeness (QED) is 0.826. The molecule has 14 heavy (non-hydrogen) atoms. The number of hydrogen-bond acceptors (Lipinski definition) is 3. The molecule has 2 rings (SSSR count). The van der Waals surface area contributed by atoms with Crippen LogP contribution in [0.1, 0.15) is 43.7 Å². The molecule has 1 heterocycles. The molecule has 0 radical (unpaired) electrons. The lowest BCUT2D eigenvalue weighted by Gasteiger charge is -2.14. The maximum Gasteiger partial charge on any atom is 0.109 e. The van der Waals surface area contributed by atoms with Crippen molar-refractivity contribution in [1.29, 1.82) is 0 Å². The van der Waals surface area contributed by atoms with Crippen molar-refractivity contribution in [3.63, 3.8) is 0 Å². The van der Waals surface area contributed by atoms with E-state index in [-0.39, 0.29) is 0 Å². The summed E-state index contributed by atoms with van der Waals surface area (Å²) in [5.74, 6) is 0.914. The Hall–Kier alpha value is -0.410. The molecule has 1 saturated carbocycles. The average molecular weight is 210 g/mol. The molecule has 1 aliphatic rings. The van der Waals surface area contributed by atoms with Crippen molar-refractivity contribution in [2.75, 3.05) is 6.54 Å². The highest BCUT2D eigenvalue weighted by atomic mass is 32.1. The van der Waals surface area contributed by atoms with E-state index in [1.54, 1.807) is 11.3 Å². The third-order valence-electron chi connectivity index (χ3n) is 3.01. The topological polar surface area (TPSA) is 24.9 Å². The van der Waals surface area contributed by atoms with Crippen molar-refractivity contribution in [2.45, 2.75) is 38.6 Å². The van der Waals surface area contributed by atoms with Gasteiger partial charge in [0.1, 0.15) is 5.01 Å². The minimum Gasteiger partial charge on any atom is -0.308 e. The zero-order valence-corrected chi connectivity index (χ0v) is 9.52. The van der Waals surface area contributed by atoms with E-state index in [4.69, 9.17) is 0 Å². The summed E-state index contributed by atoms with van der Waals surface area (Å²) in [6.07, 6.45) is 7.57. The van der Waals surface area contributed by atoms with Crippen LogP contribution in [0.15, 0.2) is 11.6 Å². The zero-order chi connectivity index (χ0) is 9.80. The van der Waals surface area contributed by atoms with Gasteiger partial charge in [0.15, 0.2) is 0 Å². The molecule has 1 aromatic heterocycles. The van der Waals surface area contributed by atoms with Gasteiger partial charge in [0.2, 0.25) is 0 Å². The Morgan fingerprint density at radius 1 is 1.57 bits per heavy atom. The first kappa shape index (κ1) is 10.1. The number of hydrogen-bond donors (Lipinski definition) is 1. The van der Waals surface area contributed by atoms with E-state index in [0.29, 0.717) is 6.04 Å². The van der Waals surface area contributed by atoms with Gasteiger partial charge in [-0.2, -0.15) is 0 Å². The van der Waals surface area contributed by atoms with E-state index in [0.717, 1.165) is 5.92 Å². The summed E-state index contributed by atoms with van der Waals surface area (Å²) in [5, 5.41) is 6.83. The average Bonchev–Trinajstić information content (AvgIpc) is 2.87. The Bertz CT molecular complexity index is 252. The van der Waals surface area contributed by atoms with Gasteiger partial charge in [-0.25, -0.2) is 4.98 Å². The molecule has 1 unspecified atom stereocenters. The van der Waals surface area contributed by atoms with Gasteiger partial charge in [0, 0.05) is 11.6 Å². The third kappa shape index (κ3) is 2.55. The number of nitrogens with one attached hydrogen (secondary N) is 1. The molecule has 1 aliphatic carbocycles. The molecule has 0 spiro atoms. The van der Waals surface area contributed by atoms with Crippen LogP contribution in [0.3, 0.4) is 0 Å². The normalized spacial score (nSPS) is 20.1. The number of nitrogens with zero attached hydrogens (tertiary/aromatic N) is 1. The summed E-state index contributed by atoms with van der Waals surface area (Å²) in [6.45, 7) is 3.37. The first-order valence-electron chi connectivity index (χ1n) is 5.49. The van der Waals surface area contributed by atoms with Crippen LogP contribution in [0.4, 0.5) is 0 Å². The standard InChI is InChI=1S/C11H18N2S/c1-9(11-12-6-7-14-11)13-8-10-4-2-3-5-10/h6-7,9-10,13H,2-5,8H2,1H3. The Kier molecular flexibility index (Phi) is 3.54. The highest BCUT2D eigenvalue weighted by Crippen LogP contribution is 2.24. The molecule has 3 heteroatoms. The lowest BCUT2D eigenvalue weighted by atomic mass is 10.1. The van der Waals surface area contributed by atoms with Crippen LogP contribution < -0.4 is 5.32 Å². The third-order valence-corrected chi connectivity index (χ3v) is 3.97. The molecule has 1 aromatic rings. The van der Waals surface area contributed by atoms with Crippen LogP contribution in [0.25, 0.3) is 0 Å². The minimum atomic E-state index is 0.426. The van der Waals surface area contributed by atoms with Gasteiger partial charge in [-0.3, -0.25) is 0 Å². The number of aromatic nitrogens is 1. The van der Waals surface area contributed by atoms with Crippen LogP contribution in [0.5, 0.6) is 0 Å². The van der Waals surface area contributed by atoms with Gasteiger partial charge in [0.25, 0.3) is 0 Å². The van der Waals surface area contributed by atoms with Crippen molar-refractivity contribution < 1.29 is 0 Å². The number of rotatable bonds is 4. The second kappa shape index (κ2) is 4.89. The van der Waals surface area contributed by atoms with Crippen molar-refractivity contribution in [2.24, 2.45) is 5.92 Å². The molecule has 0 aliphatic heterocycles. The monoisotopic (exact) mass is 210 g/mol. The Balaban J connectivity index is 1.74. The van der Waals surface area contributed by atoms with Crippen LogP contribution in [0.2, 0.25) is 0 Å². The zero-order valence-electron chi connectivity index (χ0n) is 8.70. The van der Waals surface area contributed by atoms with Crippen molar-refractivity contribution in [1.82, 2.24) is 10.3 Å². The molecular weight excluding hydrogens is 192 g/mol. The molecule has 78 valence electrons. The lowest BCUT2D eigenvalue weighted by Crippen LogP contribution is -2.24. The SMILES string of the molecule is CC(NCC1CCCC1)c1nccs1. The van der Waals surface area contributed by atoms with E-state index in [1.807, 2.05) is 11.6 Å². The molecule has 1 N–H and O–H groups in total. The minimum absolute atomic E-state index is 0.426. The van der Waals surface area contributed by atoms with Crippen LogP contribution in [-0.4, -0.2) is 11.5 Å². The fraction of sp³-hybridized carbons (Fsp3) is 0.727. The summed E-state index contributed by atoms with van der Waals surface area (Å²) >= 11 is 1.74.